The number of carbonyl (C=O) groups is 3. The van der Waals surface area contributed by atoms with Gasteiger partial charge in [0.15, 0.2) is 0 Å². The van der Waals surface area contributed by atoms with Gasteiger partial charge in [0.05, 0.1) is 29.9 Å². The van der Waals surface area contributed by atoms with Crippen molar-refractivity contribution in [2.24, 2.45) is 0 Å². The maximum Gasteiger partial charge on any atom is 0.436 e. The third-order valence-electron chi connectivity index (χ3n) is 5.10. The second-order valence-electron chi connectivity index (χ2n) is 6.69. The number of fused-ring (bicyclic) bond motifs is 1. The fourth-order valence-corrected chi connectivity index (χ4v) is 3.62. The Kier molecular flexibility index (Phi) is 5.61. The van der Waals surface area contributed by atoms with E-state index in [1.165, 1.54) is 23.1 Å². The second-order valence-corrected chi connectivity index (χ2v) is 7.01. The van der Waals surface area contributed by atoms with Crippen LogP contribution >= 0.6 is 11.6 Å². The van der Waals surface area contributed by atoms with Crippen LogP contribution in [0.3, 0.4) is 0 Å². The minimum Gasteiger partial charge on any atom is -0.448 e. The van der Waals surface area contributed by atoms with Crippen molar-refractivity contribution in [3.63, 3.8) is 0 Å². The molecule has 8 nitrogen and oxygen atoms in total. The van der Waals surface area contributed by atoms with E-state index in [-0.39, 0.29) is 24.5 Å². The van der Waals surface area contributed by atoms with Gasteiger partial charge in [-0.2, -0.15) is 5.10 Å². The molecule has 154 valence electrons. The number of aromatic nitrogens is 2. The molecule has 1 N–H and O–H groups in total. The van der Waals surface area contributed by atoms with E-state index in [9.17, 15) is 18.8 Å². The number of rotatable bonds is 4. The molecule has 0 saturated heterocycles. The lowest BCUT2D eigenvalue weighted by atomic mass is 9.95. The van der Waals surface area contributed by atoms with Gasteiger partial charge >= 0.3 is 11.5 Å². The molecule has 0 fully saturated rings. The Hall–Kier alpha value is -2.94. The Morgan fingerprint density at radius 2 is 2.00 bits per heavy atom. The summed E-state index contributed by atoms with van der Waals surface area (Å²) in [5, 5.41) is 6.19. The van der Waals surface area contributed by atoms with Crippen LogP contribution in [0.25, 0.3) is 0 Å². The Morgan fingerprint density at radius 1 is 1.31 bits per heavy atom. The van der Waals surface area contributed by atoms with Gasteiger partial charge in [0.1, 0.15) is 11.6 Å². The van der Waals surface area contributed by atoms with Crippen molar-refractivity contribution in [1.29, 1.82) is 0 Å². The lowest BCUT2D eigenvalue weighted by molar-refractivity contribution is 0.102. The number of nitrogens with one attached hydrogen (secondary N) is 1. The molecular weight excluding hydrogens is 403 g/mol. The first-order valence-electron chi connectivity index (χ1n) is 9.07. The third kappa shape index (κ3) is 3.46. The summed E-state index contributed by atoms with van der Waals surface area (Å²) in [6.45, 7) is 5.39. The van der Waals surface area contributed by atoms with Crippen LogP contribution in [-0.4, -0.2) is 38.7 Å². The number of nitrogens with zero attached hydrogens (tertiary/aromatic N) is 3. The third-order valence-corrected chi connectivity index (χ3v) is 5.30. The van der Waals surface area contributed by atoms with Gasteiger partial charge in [-0.1, -0.05) is 19.1 Å². The van der Waals surface area contributed by atoms with Gasteiger partial charge in [0.25, 0.3) is 5.91 Å². The van der Waals surface area contributed by atoms with E-state index in [1.807, 2.05) is 6.92 Å². The molecule has 0 bridgehead atoms. The highest BCUT2D eigenvalue weighted by Gasteiger charge is 2.47. The average molecular weight is 423 g/mol. The summed E-state index contributed by atoms with van der Waals surface area (Å²) in [5.74, 6) is -1.45. The lowest BCUT2D eigenvalue weighted by Crippen LogP contribution is -2.40. The zero-order valence-corrected chi connectivity index (χ0v) is 16.9. The molecule has 1 aliphatic heterocycles. The van der Waals surface area contributed by atoms with Crippen molar-refractivity contribution in [3.05, 3.63) is 46.9 Å². The Balaban J connectivity index is 2.10. The van der Waals surface area contributed by atoms with Gasteiger partial charge in [-0.05, 0) is 44.0 Å². The molecule has 1 unspecified atom stereocenters. The summed E-state index contributed by atoms with van der Waals surface area (Å²) in [4.78, 5) is 38.4. The van der Waals surface area contributed by atoms with Gasteiger partial charge in [-0.25, -0.2) is 9.18 Å². The molecule has 0 saturated carbocycles. The molecule has 1 aliphatic rings. The van der Waals surface area contributed by atoms with E-state index >= 15 is 0 Å². The summed E-state index contributed by atoms with van der Waals surface area (Å²) in [5.41, 5.74) is -0.199. The summed E-state index contributed by atoms with van der Waals surface area (Å²) < 4.78 is 20.0. The Morgan fingerprint density at radius 3 is 2.59 bits per heavy atom. The average Bonchev–Trinajstić information content (AvgIpc) is 3.18. The van der Waals surface area contributed by atoms with Gasteiger partial charge in [0, 0.05) is 5.56 Å². The van der Waals surface area contributed by atoms with Crippen LogP contribution < -0.4 is 5.32 Å². The number of benzene rings is 1. The fourth-order valence-electron chi connectivity index (χ4n) is 3.37. The van der Waals surface area contributed by atoms with E-state index < -0.39 is 28.7 Å². The van der Waals surface area contributed by atoms with Crippen LogP contribution in [0.5, 0.6) is 0 Å². The second kappa shape index (κ2) is 7.82. The van der Waals surface area contributed by atoms with Gasteiger partial charge < -0.3 is 15.0 Å². The number of anilines is 1. The maximum absolute atomic E-state index is 14.0. The quantitative estimate of drug-likeness (QED) is 0.592. The number of ether oxygens (including phenoxy) is 1. The maximum atomic E-state index is 14.0. The number of carbonyl (C=O) groups excluding carboxylic acids is 3. The summed E-state index contributed by atoms with van der Waals surface area (Å²) in [6.07, 6.45) is -0.327. The van der Waals surface area contributed by atoms with Crippen molar-refractivity contribution in [2.45, 2.75) is 39.3 Å². The van der Waals surface area contributed by atoms with Crippen molar-refractivity contribution < 1.29 is 23.5 Å². The molecule has 2 amide bonds. The molecule has 2 aromatic rings. The molecule has 0 radical (unpaired) electrons. The Labute approximate surface area is 171 Å². The minimum absolute atomic E-state index is 0.0202. The molecule has 1 aromatic carbocycles. The predicted octanol–water partition coefficient (Wildman–Crippen LogP) is 4.08. The van der Waals surface area contributed by atoms with E-state index in [4.69, 9.17) is 16.3 Å². The summed E-state index contributed by atoms with van der Waals surface area (Å²) >= 11 is 5.74. The van der Waals surface area contributed by atoms with E-state index in [0.717, 1.165) is 10.7 Å². The predicted molar refractivity (Wildman–Crippen MR) is 103 cm³/mol. The van der Waals surface area contributed by atoms with Gasteiger partial charge in [-0.15, -0.1) is 4.68 Å². The van der Waals surface area contributed by atoms with Crippen LogP contribution in [0.1, 0.15) is 48.8 Å². The van der Waals surface area contributed by atoms with Crippen LogP contribution in [0.4, 0.5) is 19.8 Å². The monoisotopic (exact) mass is 422 g/mol. The highest BCUT2D eigenvalue weighted by molar-refractivity contribution is 6.62. The first kappa shape index (κ1) is 20.8. The zero-order valence-electron chi connectivity index (χ0n) is 16.2. The molecule has 2 heterocycles. The molecule has 29 heavy (non-hydrogen) atoms. The van der Waals surface area contributed by atoms with Crippen molar-refractivity contribution >= 4 is 34.8 Å². The summed E-state index contributed by atoms with van der Waals surface area (Å²) in [6, 6.07) is 5.46. The number of amides is 2. The van der Waals surface area contributed by atoms with E-state index in [1.54, 1.807) is 13.8 Å². The standard InChI is InChI=1S/C19H20ClFN4O4/c1-4-19(3)14-12(10-24(19)17(20)27)15(25(23-14)18(28)29-5-2)22-16(26)11-8-6-7-9-13(11)21/h6-9H,4-5,10H2,1-3H3,(H,22,26). The molecule has 10 heteroatoms. The van der Waals surface area contributed by atoms with E-state index in [0.29, 0.717) is 17.7 Å². The number of halogens is 2. The smallest absolute Gasteiger partial charge is 0.436 e. The molecule has 0 aliphatic carbocycles. The minimum atomic E-state index is -0.872. The Bertz CT molecular complexity index is 993. The van der Waals surface area contributed by atoms with Crippen molar-refractivity contribution in [1.82, 2.24) is 14.7 Å². The highest BCUT2D eigenvalue weighted by atomic mass is 35.5. The van der Waals surface area contributed by atoms with E-state index in [2.05, 4.69) is 10.4 Å². The largest absolute Gasteiger partial charge is 0.448 e. The zero-order chi connectivity index (χ0) is 21.3. The number of hydrogen-bond acceptors (Lipinski definition) is 5. The first-order chi connectivity index (χ1) is 13.7. The van der Waals surface area contributed by atoms with Gasteiger partial charge in [-0.3, -0.25) is 9.59 Å². The van der Waals surface area contributed by atoms with Crippen LogP contribution in [0.2, 0.25) is 0 Å². The number of hydrogen-bond donors (Lipinski definition) is 1. The topological polar surface area (TPSA) is 93.5 Å². The normalized spacial score (nSPS) is 17.8. The highest BCUT2D eigenvalue weighted by Crippen LogP contribution is 2.44. The van der Waals surface area contributed by atoms with Crippen LogP contribution in [-0.2, 0) is 16.8 Å². The lowest BCUT2D eigenvalue weighted by Gasteiger charge is -2.32. The summed E-state index contributed by atoms with van der Waals surface area (Å²) in [7, 11) is 0. The fraction of sp³-hybridized carbons (Fsp3) is 0.368. The van der Waals surface area contributed by atoms with Crippen LogP contribution in [0.15, 0.2) is 24.3 Å². The van der Waals surface area contributed by atoms with Gasteiger partial charge in [0.2, 0.25) is 0 Å². The SMILES string of the molecule is CCOC(=O)n1nc2c(c1NC(=O)c1ccccc1F)CN(C(=O)Cl)C2(C)CC. The molecular formula is C19H20ClFN4O4. The molecule has 0 spiro atoms. The van der Waals surface area contributed by atoms with Crippen LogP contribution in [0, 0.1) is 5.82 Å². The molecule has 1 atom stereocenters. The molecule has 3 rings (SSSR count). The van der Waals surface area contributed by atoms with Crippen molar-refractivity contribution in [2.75, 3.05) is 11.9 Å². The first-order valence-corrected chi connectivity index (χ1v) is 9.44. The molecule has 1 aromatic heterocycles. The van der Waals surface area contributed by atoms with Crippen molar-refractivity contribution in [3.8, 4) is 0 Å².